The van der Waals surface area contributed by atoms with Crippen molar-refractivity contribution in [2.45, 2.75) is 26.3 Å². The second kappa shape index (κ2) is 6.43. The normalized spacial score (nSPS) is 12.4. The van der Waals surface area contributed by atoms with Crippen LogP contribution in [0, 0.1) is 5.92 Å². The van der Waals surface area contributed by atoms with E-state index in [1.54, 1.807) is 13.3 Å². The maximum Gasteiger partial charge on any atom is 0.326 e. The first kappa shape index (κ1) is 15.1. The Bertz CT molecular complexity index is 640. The molecule has 5 nitrogen and oxygen atoms in total. The number of benzene rings is 1. The van der Waals surface area contributed by atoms with E-state index in [9.17, 15) is 9.90 Å². The van der Waals surface area contributed by atoms with Crippen LogP contribution < -0.4 is 10.1 Å². The van der Waals surface area contributed by atoms with Crippen molar-refractivity contribution < 1.29 is 14.6 Å². The average molecular weight is 288 g/mol. The molecule has 1 aromatic heterocycles. The van der Waals surface area contributed by atoms with E-state index >= 15 is 0 Å². The number of carboxylic acids is 1. The molecule has 1 heterocycles. The number of carboxylic acid groups (broad SMARTS) is 1. The minimum absolute atomic E-state index is 0.286. The summed E-state index contributed by atoms with van der Waals surface area (Å²) < 4.78 is 5.20. The first-order valence-corrected chi connectivity index (χ1v) is 6.93. The van der Waals surface area contributed by atoms with Crippen molar-refractivity contribution in [1.29, 1.82) is 0 Å². The van der Waals surface area contributed by atoms with Crippen LogP contribution in [-0.2, 0) is 4.79 Å². The summed E-state index contributed by atoms with van der Waals surface area (Å²) in [5.41, 5.74) is 0. The fourth-order valence-electron chi connectivity index (χ4n) is 2.26. The van der Waals surface area contributed by atoms with Crippen molar-refractivity contribution in [1.82, 2.24) is 4.98 Å². The Morgan fingerprint density at radius 1 is 1.38 bits per heavy atom. The molecule has 1 aromatic carbocycles. The van der Waals surface area contributed by atoms with E-state index in [-0.39, 0.29) is 5.92 Å². The molecule has 0 aliphatic rings. The molecule has 112 valence electrons. The predicted octanol–water partition coefficient (Wildman–Crippen LogP) is 3.15. The SMILES string of the molecule is COc1ccc2c(NC(CC(C)C)C(=O)O)nccc2c1. The van der Waals surface area contributed by atoms with Gasteiger partial charge in [-0.25, -0.2) is 9.78 Å². The van der Waals surface area contributed by atoms with Gasteiger partial charge in [0.25, 0.3) is 0 Å². The largest absolute Gasteiger partial charge is 0.497 e. The van der Waals surface area contributed by atoms with Crippen molar-refractivity contribution in [3.05, 3.63) is 30.5 Å². The minimum Gasteiger partial charge on any atom is -0.497 e. The Hall–Kier alpha value is -2.30. The summed E-state index contributed by atoms with van der Waals surface area (Å²) in [5, 5.41) is 14.2. The lowest BCUT2D eigenvalue weighted by Crippen LogP contribution is -2.31. The highest BCUT2D eigenvalue weighted by molar-refractivity contribution is 5.94. The van der Waals surface area contributed by atoms with Crippen LogP contribution in [0.15, 0.2) is 30.5 Å². The van der Waals surface area contributed by atoms with Crippen LogP contribution in [-0.4, -0.2) is 29.2 Å². The zero-order valence-electron chi connectivity index (χ0n) is 12.5. The number of nitrogens with zero attached hydrogens (tertiary/aromatic N) is 1. The third-order valence-corrected chi connectivity index (χ3v) is 3.29. The Morgan fingerprint density at radius 3 is 2.76 bits per heavy atom. The quantitative estimate of drug-likeness (QED) is 0.854. The molecule has 5 heteroatoms. The van der Waals surface area contributed by atoms with E-state index in [2.05, 4.69) is 10.3 Å². The van der Waals surface area contributed by atoms with Gasteiger partial charge in [-0.2, -0.15) is 0 Å². The second-order valence-electron chi connectivity index (χ2n) is 5.41. The summed E-state index contributed by atoms with van der Waals surface area (Å²) >= 11 is 0. The van der Waals surface area contributed by atoms with Crippen molar-refractivity contribution in [2.75, 3.05) is 12.4 Å². The molecule has 1 unspecified atom stereocenters. The standard InChI is InChI=1S/C16H20N2O3/c1-10(2)8-14(16(19)20)18-15-13-5-4-12(21-3)9-11(13)6-7-17-15/h4-7,9-10,14H,8H2,1-3H3,(H,17,18)(H,19,20). The third-order valence-electron chi connectivity index (χ3n) is 3.29. The van der Waals surface area contributed by atoms with Crippen molar-refractivity contribution in [2.24, 2.45) is 5.92 Å². The summed E-state index contributed by atoms with van der Waals surface area (Å²) in [6, 6.07) is 6.86. The molecule has 1 atom stereocenters. The van der Waals surface area contributed by atoms with Gasteiger partial charge in [0.1, 0.15) is 17.6 Å². The van der Waals surface area contributed by atoms with E-state index in [1.165, 1.54) is 0 Å². The summed E-state index contributed by atoms with van der Waals surface area (Å²) in [5.74, 6) is 0.768. The fourth-order valence-corrected chi connectivity index (χ4v) is 2.26. The van der Waals surface area contributed by atoms with Gasteiger partial charge in [0.15, 0.2) is 0 Å². The molecule has 2 aromatic rings. The number of pyridine rings is 1. The van der Waals surface area contributed by atoms with Gasteiger partial charge in [-0.05, 0) is 42.0 Å². The highest BCUT2D eigenvalue weighted by atomic mass is 16.5. The number of methoxy groups -OCH3 is 1. The van der Waals surface area contributed by atoms with Gasteiger partial charge >= 0.3 is 5.97 Å². The lowest BCUT2D eigenvalue weighted by Gasteiger charge is -2.18. The number of rotatable bonds is 6. The Balaban J connectivity index is 2.34. The molecule has 21 heavy (non-hydrogen) atoms. The van der Waals surface area contributed by atoms with Crippen molar-refractivity contribution >= 4 is 22.6 Å². The maximum atomic E-state index is 11.4. The molecule has 0 fully saturated rings. The van der Waals surface area contributed by atoms with Gasteiger partial charge in [-0.1, -0.05) is 13.8 Å². The van der Waals surface area contributed by atoms with Crippen LogP contribution >= 0.6 is 0 Å². The van der Waals surface area contributed by atoms with Crippen LogP contribution in [0.25, 0.3) is 10.8 Å². The van der Waals surface area contributed by atoms with Crippen LogP contribution in [0.3, 0.4) is 0 Å². The molecule has 0 aliphatic heterocycles. The molecule has 0 spiro atoms. The number of carbonyl (C=O) groups is 1. The summed E-state index contributed by atoms with van der Waals surface area (Å²) in [6.07, 6.45) is 2.21. The summed E-state index contributed by atoms with van der Waals surface area (Å²) in [7, 11) is 1.62. The molecular weight excluding hydrogens is 268 g/mol. The van der Waals surface area contributed by atoms with E-state index in [4.69, 9.17) is 4.74 Å². The van der Waals surface area contributed by atoms with Crippen LogP contribution in [0.4, 0.5) is 5.82 Å². The molecule has 0 amide bonds. The van der Waals surface area contributed by atoms with Crippen molar-refractivity contribution in [3.63, 3.8) is 0 Å². The van der Waals surface area contributed by atoms with Crippen LogP contribution in [0.2, 0.25) is 0 Å². The smallest absolute Gasteiger partial charge is 0.326 e. The third kappa shape index (κ3) is 3.62. The number of nitrogens with one attached hydrogen (secondary N) is 1. The zero-order valence-corrected chi connectivity index (χ0v) is 12.5. The highest BCUT2D eigenvalue weighted by Crippen LogP contribution is 2.26. The number of fused-ring (bicyclic) bond motifs is 1. The van der Waals surface area contributed by atoms with Gasteiger partial charge in [0.05, 0.1) is 7.11 Å². The average Bonchev–Trinajstić information content (AvgIpc) is 2.45. The lowest BCUT2D eigenvalue weighted by atomic mass is 10.0. The molecule has 0 aliphatic carbocycles. The lowest BCUT2D eigenvalue weighted by molar-refractivity contribution is -0.138. The maximum absolute atomic E-state index is 11.4. The molecule has 2 N–H and O–H groups in total. The number of aromatic nitrogens is 1. The Labute approximate surface area is 124 Å². The van der Waals surface area contributed by atoms with E-state index in [1.807, 2.05) is 38.1 Å². The predicted molar refractivity (Wildman–Crippen MR) is 82.8 cm³/mol. The zero-order chi connectivity index (χ0) is 15.4. The number of aliphatic carboxylic acids is 1. The minimum atomic E-state index is -0.865. The van der Waals surface area contributed by atoms with Gasteiger partial charge in [0, 0.05) is 11.6 Å². The molecule has 0 radical (unpaired) electrons. The topological polar surface area (TPSA) is 71.5 Å². The Kier molecular flexibility index (Phi) is 4.62. The number of anilines is 1. The molecule has 0 saturated carbocycles. The van der Waals surface area contributed by atoms with Crippen LogP contribution in [0.5, 0.6) is 5.75 Å². The number of hydrogen-bond acceptors (Lipinski definition) is 4. The molecule has 0 bridgehead atoms. The molecule has 0 saturated heterocycles. The van der Waals surface area contributed by atoms with Crippen LogP contribution in [0.1, 0.15) is 20.3 Å². The second-order valence-corrected chi connectivity index (χ2v) is 5.41. The Morgan fingerprint density at radius 2 is 2.14 bits per heavy atom. The molecular formula is C16H20N2O3. The van der Waals surface area contributed by atoms with E-state index in [0.717, 1.165) is 16.5 Å². The summed E-state index contributed by atoms with van der Waals surface area (Å²) in [6.45, 7) is 4.00. The fraction of sp³-hybridized carbons (Fsp3) is 0.375. The van der Waals surface area contributed by atoms with Gasteiger partial charge in [-0.3, -0.25) is 0 Å². The van der Waals surface area contributed by atoms with Crippen molar-refractivity contribution in [3.8, 4) is 5.75 Å². The van der Waals surface area contributed by atoms with Gasteiger partial charge in [0.2, 0.25) is 0 Å². The number of hydrogen-bond donors (Lipinski definition) is 2. The van der Waals surface area contributed by atoms with Gasteiger partial charge in [-0.15, -0.1) is 0 Å². The first-order valence-electron chi connectivity index (χ1n) is 6.93. The summed E-state index contributed by atoms with van der Waals surface area (Å²) in [4.78, 5) is 15.6. The molecule has 2 rings (SSSR count). The highest BCUT2D eigenvalue weighted by Gasteiger charge is 2.20. The van der Waals surface area contributed by atoms with E-state index in [0.29, 0.717) is 12.2 Å². The van der Waals surface area contributed by atoms with Gasteiger partial charge < -0.3 is 15.2 Å². The van der Waals surface area contributed by atoms with E-state index < -0.39 is 12.0 Å². The number of ether oxygens (including phenoxy) is 1. The monoisotopic (exact) mass is 288 g/mol. The first-order chi connectivity index (χ1) is 10.0.